The van der Waals surface area contributed by atoms with Gasteiger partial charge >= 0.3 is 0 Å². The number of amides is 2. The number of rotatable bonds is 4. The fourth-order valence-corrected chi connectivity index (χ4v) is 2.33. The average Bonchev–Trinajstić information content (AvgIpc) is 2.50. The summed E-state index contributed by atoms with van der Waals surface area (Å²) in [4.78, 5) is 24.2. The summed E-state index contributed by atoms with van der Waals surface area (Å²) in [5.74, 6) is -1.31. The second-order valence-corrected chi connectivity index (χ2v) is 6.23. The smallest absolute Gasteiger partial charge is 0.255 e. The first-order chi connectivity index (χ1) is 11.3. The summed E-state index contributed by atoms with van der Waals surface area (Å²) < 4.78 is 0. The second kappa shape index (κ2) is 7.75. The SMILES string of the molecule is C[C@H](NC(=O)c1ccc(Cl)cc1O)C(=O)Nc1ccc(Cl)c(Cl)c1. The Morgan fingerprint density at radius 1 is 1.04 bits per heavy atom. The number of phenols is 1. The first-order valence-corrected chi connectivity index (χ1v) is 7.96. The average molecular weight is 388 g/mol. The van der Waals surface area contributed by atoms with E-state index in [0.717, 1.165) is 0 Å². The van der Waals surface area contributed by atoms with Crippen molar-refractivity contribution < 1.29 is 14.7 Å². The van der Waals surface area contributed by atoms with Crippen LogP contribution in [0, 0.1) is 0 Å². The van der Waals surface area contributed by atoms with Gasteiger partial charge in [-0.1, -0.05) is 34.8 Å². The summed E-state index contributed by atoms with van der Waals surface area (Å²) >= 11 is 17.4. The molecule has 0 radical (unpaired) electrons. The van der Waals surface area contributed by atoms with Crippen LogP contribution in [0.5, 0.6) is 5.75 Å². The Kier molecular flexibility index (Phi) is 5.94. The molecule has 2 rings (SSSR count). The van der Waals surface area contributed by atoms with E-state index in [2.05, 4.69) is 10.6 Å². The third kappa shape index (κ3) is 4.54. The topological polar surface area (TPSA) is 78.4 Å². The van der Waals surface area contributed by atoms with E-state index in [1.807, 2.05) is 0 Å². The molecule has 0 aliphatic carbocycles. The zero-order valence-electron chi connectivity index (χ0n) is 12.4. The third-order valence-electron chi connectivity index (χ3n) is 3.13. The van der Waals surface area contributed by atoms with Crippen LogP contribution in [0.2, 0.25) is 15.1 Å². The number of halogens is 3. The summed E-state index contributed by atoms with van der Waals surface area (Å²) in [6, 6.07) is 7.88. The van der Waals surface area contributed by atoms with Gasteiger partial charge in [-0.25, -0.2) is 0 Å². The first kappa shape index (κ1) is 18.4. The Morgan fingerprint density at radius 3 is 2.38 bits per heavy atom. The minimum atomic E-state index is -0.845. The van der Waals surface area contributed by atoms with Crippen LogP contribution in [0.3, 0.4) is 0 Å². The number of hydrogen-bond acceptors (Lipinski definition) is 3. The molecule has 0 fully saturated rings. The van der Waals surface area contributed by atoms with Crippen molar-refractivity contribution in [3.63, 3.8) is 0 Å². The Labute approximate surface area is 153 Å². The molecule has 2 aromatic rings. The zero-order valence-corrected chi connectivity index (χ0v) is 14.7. The highest BCUT2D eigenvalue weighted by atomic mass is 35.5. The number of nitrogens with one attached hydrogen (secondary N) is 2. The molecule has 8 heteroatoms. The van der Waals surface area contributed by atoms with Crippen molar-refractivity contribution in [2.24, 2.45) is 0 Å². The van der Waals surface area contributed by atoms with Crippen molar-refractivity contribution in [2.75, 3.05) is 5.32 Å². The lowest BCUT2D eigenvalue weighted by molar-refractivity contribution is -0.117. The van der Waals surface area contributed by atoms with E-state index in [0.29, 0.717) is 20.8 Å². The molecule has 0 heterocycles. The molecule has 2 amide bonds. The highest BCUT2D eigenvalue weighted by Gasteiger charge is 2.19. The molecule has 0 aromatic heterocycles. The number of anilines is 1. The fraction of sp³-hybridized carbons (Fsp3) is 0.125. The van der Waals surface area contributed by atoms with Gasteiger partial charge in [0.2, 0.25) is 5.91 Å². The van der Waals surface area contributed by atoms with Crippen molar-refractivity contribution in [2.45, 2.75) is 13.0 Å². The molecule has 3 N–H and O–H groups in total. The summed E-state index contributed by atoms with van der Waals surface area (Å²) in [7, 11) is 0. The maximum atomic E-state index is 12.1. The predicted molar refractivity (Wildman–Crippen MR) is 95.1 cm³/mol. The van der Waals surface area contributed by atoms with Gasteiger partial charge in [0.25, 0.3) is 5.91 Å². The monoisotopic (exact) mass is 386 g/mol. The number of hydrogen-bond donors (Lipinski definition) is 3. The molecule has 24 heavy (non-hydrogen) atoms. The van der Waals surface area contributed by atoms with Gasteiger partial charge in [-0.05, 0) is 43.3 Å². The Morgan fingerprint density at radius 2 is 1.75 bits per heavy atom. The summed E-state index contributed by atoms with van der Waals surface area (Å²) in [5.41, 5.74) is 0.471. The number of aromatic hydroxyl groups is 1. The van der Waals surface area contributed by atoms with Gasteiger partial charge in [0.05, 0.1) is 15.6 Å². The van der Waals surface area contributed by atoms with E-state index in [9.17, 15) is 14.7 Å². The normalized spacial score (nSPS) is 11.7. The lowest BCUT2D eigenvalue weighted by atomic mass is 10.1. The van der Waals surface area contributed by atoms with Gasteiger partial charge in [-0.15, -0.1) is 0 Å². The van der Waals surface area contributed by atoms with Crippen molar-refractivity contribution >= 4 is 52.3 Å². The zero-order chi connectivity index (χ0) is 17.9. The quantitative estimate of drug-likeness (QED) is 0.739. The van der Waals surface area contributed by atoms with Crippen LogP contribution in [0.4, 0.5) is 5.69 Å². The number of carbonyl (C=O) groups excluding carboxylic acids is 2. The standard InChI is InChI=1S/C16H13Cl3N2O3/c1-8(15(23)21-10-3-5-12(18)13(19)7-10)20-16(24)11-4-2-9(17)6-14(11)22/h2-8,22H,1H3,(H,20,24)(H,21,23)/t8-/m0/s1. The maximum absolute atomic E-state index is 12.1. The predicted octanol–water partition coefficient (Wildman–Crippen LogP) is 4.11. The summed E-state index contributed by atoms with van der Waals surface area (Å²) in [5, 5.41) is 15.8. The van der Waals surface area contributed by atoms with Crippen molar-refractivity contribution in [1.82, 2.24) is 5.32 Å². The van der Waals surface area contributed by atoms with Crippen LogP contribution in [0.1, 0.15) is 17.3 Å². The second-order valence-electron chi connectivity index (χ2n) is 4.97. The number of phenolic OH excluding ortho intramolecular Hbond substituents is 1. The molecule has 0 saturated heterocycles. The molecular formula is C16H13Cl3N2O3. The van der Waals surface area contributed by atoms with Gasteiger partial charge in [0, 0.05) is 10.7 Å². The van der Waals surface area contributed by atoms with Crippen LogP contribution in [-0.4, -0.2) is 23.0 Å². The van der Waals surface area contributed by atoms with Crippen molar-refractivity contribution in [3.8, 4) is 5.75 Å². The van der Waals surface area contributed by atoms with Crippen LogP contribution < -0.4 is 10.6 Å². The van der Waals surface area contributed by atoms with E-state index in [-0.39, 0.29) is 11.3 Å². The highest BCUT2D eigenvalue weighted by molar-refractivity contribution is 6.42. The minimum absolute atomic E-state index is 0.0218. The van der Waals surface area contributed by atoms with E-state index in [1.54, 1.807) is 12.1 Å². The lowest BCUT2D eigenvalue weighted by Crippen LogP contribution is -2.41. The molecule has 126 valence electrons. The molecule has 2 aromatic carbocycles. The van der Waals surface area contributed by atoms with E-state index in [4.69, 9.17) is 34.8 Å². The van der Waals surface area contributed by atoms with Gasteiger partial charge in [-0.2, -0.15) is 0 Å². The van der Waals surface area contributed by atoms with E-state index < -0.39 is 17.9 Å². The van der Waals surface area contributed by atoms with Gasteiger partial charge in [0.1, 0.15) is 11.8 Å². The van der Waals surface area contributed by atoms with Gasteiger partial charge in [0.15, 0.2) is 0 Å². The molecule has 0 unspecified atom stereocenters. The van der Waals surface area contributed by atoms with Crippen molar-refractivity contribution in [1.29, 1.82) is 0 Å². The molecule has 1 atom stereocenters. The number of benzene rings is 2. The molecule has 5 nitrogen and oxygen atoms in total. The molecule has 0 aliphatic rings. The molecule has 0 bridgehead atoms. The highest BCUT2D eigenvalue weighted by Crippen LogP contribution is 2.25. The Balaban J connectivity index is 2.02. The van der Waals surface area contributed by atoms with Crippen LogP contribution in [0.25, 0.3) is 0 Å². The third-order valence-corrected chi connectivity index (χ3v) is 4.11. The van der Waals surface area contributed by atoms with Crippen molar-refractivity contribution in [3.05, 3.63) is 57.0 Å². The van der Waals surface area contributed by atoms with E-state index >= 15 is 0 Å². The van der Waals surface area contributed by atoms with E-state index in [1.165, 1.54) is 31.2 Å². The molecule has 0 aliphatic heterocycles. The summed E-state index contributed by atoms with van der Waals surface area (Å²) in [6.07, 6.45) is 0. The lowest BCUT2D eigenvalue weighted by Gasteiger charge is -2.15. The minimum Gasteiger partial charge on any atom is -0.507 e. The molecular weight excluding hydrogens is 375 g/mol. The van der Waals surface area contributed by atoms with Crippen LogP contribution in [0.15, 0.2) is 36.4 Å². The maximum Gasteiger partial charge on any atom is 0.255 e. The Bertz CT molecular complexity index is 796. The molecule has 0 saturated carbocycles. The fourth-order valence-electron chi connectivity index (χ4n) is 1.86. The largest absolute Gasteiger partial charge is 0.507 e. The first-order valence-electron chi connectivity index (χ1n) is 6.83. The summed E-state index contributed by atoms with van der Waals surface area (Å²) in [6.45, 7) is 1.51. The van der Waals surface area contributed by atoms with Crippen LogP contribution in [-0.2, 0) is 4.79 Å². The van der Waals surface area contributed by atoms with Gasteiger partial charge < -0.3 is 15.7 Å². The molecule has 0 spiro atoms. The Hall–Kier alpha value is -1.95. The number of carbonyl (C=O) groups is 2. The van der Waals surface area contributed by atoms with Gasteiger partial charge in [-0.3, -0.25) is 9.59 Å². The van der Waals surface area contributed by atoms with Crippen LogP contribution >= 0.6 is 34.8 Å².